The van der Waals surface area contributed by atoms with Gasteiger partial charge < -0.3 is 4.74 Å². The number of benzene rings is 3. The van der Waals surface area contributed by atoms with Crippen molar-refractivity contribution in [3.63, 3.8) is 0 Å². The van der Waals surface area contributed by atoms with E-state index < -0.39 is 11.6 Å². The Labute approximate surface area is 158 Å². The topological polar surface area (TPSA) is 9.23 Å². The number of hydrogen-bond acceptors (Lipinski definition) is 1. The molecule has 0 N–H and O–H groups in total. The molecule has 3 heteroatoms. The van der Waals surface area contributed by atoms with Gasteiger partial charge in [0, 0.05) is 17.7 Å². The van der Waals surface area contributed by atoms with Crippen molar-refractivity contribution < 1.29 is 13.5 Å². The minimum absolute atomic E-state index is 0.110. The van der Waals surface area contributed by atoms with Gasteiger partial charge in [-0.05, 0) is 42.9 Å². The molecule has 138 valence electrons. The number of aryl methyl sites for hydroxylation is 1. The minimum Gasteiger partial charge on any atom is -0.374 e. The van der Waals surface area contributed by atoms with Crippen molar-refractivity contribution >= 4 is 0 Å². The summed E-state index contributed by atoms with van der Waals surface area (Å²) in [6, 6.07) is 18.3. The Balaban J connectivity index is 1.64. The van der Waals surface area contributed by atoms with E-state index in [9.17, 15) is 8.78 Å². The maximum absolute atomic E-state index is 14.8. The molecule has 1 unspecified atom stereocenters. The molecule has 0 bridgehead atoms. The number of halogens is 2. The molecule has 4 rings (SSSR count). The first-order valence-electron chi connectivity index (χ1n) is 9.40. The van der Waals surface area contributed by atoms with Gasteiger partial charge in [-0.2, -0.15) is 0 Å². The van der Waals surface area contributed by atoms with Crippen molar-refractivity contribution in [3.05, 3.63) is 83.4 Å². The van der Waals surface area contributed by atoms with Crippen molar-refractivity contribution in [2.75, 3.05) is 6.61 Å². The first kappa shape index (κ1) is 17.9. The van der Waals surface area contributed by atoms with E-state index in [-0.39, 0.29) is 17.2 Å². The summed E-state index contributed by atoms with van der Waals surface area (Å²) in [5, 5.41) is 0. The molecule has 1 atom stereocenters. The molecule has 1 heterocycles. The van der Waals surface area contributed by atoms with Crippen LogP contribution in [-0.4, -0.2) is 6.61 Å². The van der Waals surface area contributed by atoms with Gasteiger partial charge >= 0.3 is 0 Å². The van der Waals surface area contributed by atoms with Crippen molar-refractivity contribution in [2.24, 2.45) is 0 Å². The molecule has 0 amide bonds. The first-order valence-corrected chi connectivity index (χ1v) is 9.40. The van der Waals surface area contributed by atoms with Gasteiger partial charge in [-0.1, -0.05) is 66.2 Å². The van der Waals surface area contributed by atoms with Crippen LogP contribution < -0.4 is 0 Å². The molecule has 1 aliphatic rings. The van der Waals surface area contributed by atoms with Crippen molar-refractivity contribution in [1.82, 2.24) is 0 Å². The molecule has 3 aromatic rings. The molecule has 0 aliphatic carbocycles. The van der Waals surface area contributed by atoms with Crippen LogP contribution in [-0.2, 0) is 4.74 Å². The van der Waals surface area contributed by atoms with Crippen molar-refractivity contribution in [3.8, 4) is 22.3 Å². The average molecular weight is 364 g/mol. The fourth-order valence-electron chi connectivity index (χ4n) is 3.61. The van der Waals surface area contributed by atoms with Gasteiger partial charge in [0.25, 0.3) is 0 Å². The number of rotatable bonds is 3. The monoisotopic (exact) mass is 364 g/mol. The Hall–Kier alpha value is -2.52. The van der Waals surface area contributed by atoms with Crippen LogP contribution in [0.1, 0.15) is 36.5 Å². The van der Waals surface area contributed by atoms with Gasteiger partial charge in [0.1, 0.15) is 0 Å². The lowest BCUT2D eigenvalue weighted by Gasteiger charge is -2.23. The molecule has 27 heavy (non-hydrogen) atoms. The lowest BCUT2D eigenvalue weighted by atomic mass is 9.96. The van der Waals surface area contributed by atoms with E-state index in [0.29, 0.717) is 11.1 Å². The molecule has 0 spiro atoms. The summed E-state index contributed by atoms with van der Waals surface area (Å²) in [6.07, 6.45) is 3.38. The van der Waals surface area contributed by atoms with E-state index >= 15 is 0 Å². The molecule has 0 aromatic heterocycles. The Morgan fingerprint density at radius 3 is 1.81 bits per heavy atom. The first-order chi connectivity index (χ1) is 13.1. The summed E-state index contributed by atoms with van der Waals surface area (Å²) in [4.78, 5) is 0. The highest BCUT2D eigenvalue weighted by molar-refractivity contribution is 5.72. The second-order valence-corrected chi connectivity index (χ2v) is 7.13. The summed E-state index contributed by atoms with van der Waals surface area (Å²) >= 11 is 0. The Morgan fingerprint density at radius 1 is 0.741 bits per heavy atom. The SMILES string of the molecule is Cc1ccc(-c2ccc(-c3ccc(C4CCCCO4)cc3)c(F)c2F)cc1. The Morgan fingerprint density at radius 2 is 1.30 bits per heavy atom. The standard InChI is InChI=1S/C24H22F2O/c1-16-5-7-17(8-6-16)20-13-14-21(24(26)23(20)25)18-9-11-19(12-10-18)22-4-2-3-15-27-22/h5-14,22H,2-4,15H2,1H3. The van der Waals surface area contributed by atoms with E-state index in [1.165, 1.54) is 0 Å². The van der Waals surface area contributed by atoms with Crippen LogP contribution in [0.25, 0.3) is 22.3 Å². The zero-order valence-corrected chi connectivity index (χ0v) is 15.3. The second-order valence-electron chi connectivity index (χ2n) is 7.13. The van der Waals surface area contributed by atoms with E-state index in [1.807, 2.05) is 55.5 Å². The van der Waals surface area contributed by atoms with Gasteiger partial charge in [-0.25, -0.2) is 8.78 Å². The summed E-state index contributed by atoms with van der Waals surface area (Å²) in [5.41, 5.74) is 4.08. The van der Waals surface area contributed by atoms with Gasteiger partial charge in [-0.15, -0.1) is 0 Å². The van der Waals surface area contributed by atoms with Crippen LogP contribution >= 0.6 is 0 Å². The fraction of sp³-hybridized carbons (Fsp3) is 0.250. The Bertz CT molecular complexity index is 924. The minimum atomic E-state index is -0.810. The molecule has 1 fully saturated rings. The van der Waals surface area contributed by atoms with Crippen LogP contribution in [0.4, 0.5) is 8.78 Å². The quantitative estimate of drug-likeness (QED) is 0.494. The van der Waals surface area contributed by atoms with Gasteiger partial charge in [0.05, 0.1) is 6.10 Å². The summed E-state index contributed by atoms with van der Waals surface area (Å²) in [6.45, 7) is 2.75. The molecular formula is C24H22F2O. The van der Waals surface area contributed by atoms with E-state index in [4.69, 9.17) is 4.74 Å². The normalized spacial score (nSPS) is 17.1. The predicted molar refractivity (Wildman–Crippen MR) is 105 cm³/mol. The van der Waals surface area contributed by atoms with Crippen molar-refractivity contribution in [2.45, 2.75) is 32.3 Å². The fourth-order valence-corrected chi connectivity index (χ4v) is 3.61. The van der Waals surface area contributed by atoms with E-state index in [1.54, 1.807) is 12.1 Å². The van der Waals surface area contributed by atoms with Crippen LogP contribution in [0, 0.1) is 18.6 Å². The van der Waals surface area contributed by atoms with Gasteiger partial charge in [0.15, 0.2) is 11.6 Å². The third kappa shape index (κ3) is 3.65. The van der Waals surface area contributed by atoms with Crippen LogP contribution in [0.2, 0.25) is 0 Å². The molecule has 3 aromatic carbocycles. The predicted octanol–water partition coefficient (Wildman–Crippen LogP) is 6.85. The second kappa shape index (κ2) is 7.61. The molecule has 1 saturated heterocycles. The zero-order valence-electron chi connectivity index (χ0n) is 15.3. The van der Waals surface area contributed by atoms with Crippen LogP contribution in [0.15, 0.2) is 60.7 Å². The molecule has 0 radical (unpaired) electrons. The maximum Gasteiger partial charge on any atom is 0.167 e. The highest BCUT2D eigenvalue weighted by Gasteiger charge is 2.18. The summed E-state index contributed by atoms with van der Waals surface area (Å²) < 4.78 is 35.3. The summed E-state index contributed by atoms with van der Waals surface area (Å²) in [5.74, 6) is -1.62. The highest BCUT2D eigenvalue weighted by Crippen LogP contribution is 2.33. The van der Waals surface area contributed by atoms with Crippen molar-refractivity contribution in [1.29, 1.82) is 0 Å². The van der Waals surface area contributed by atoms with E-state index in [2.05, 4.69) is 0 Å². The smallest absolute Gasteiger partial charge is 0.167 e. The average Bonchev–Trinajstić information content (AvgIpc) is 2.72. The largest absolute Gasteiger partial charge is 0.374 e. The van der Waals surface area contributed by atoms with Crippen LogP contribution in [0.5, 0.6) is 0 Å². The Kier molecular flexibility index (Phi) is 5.04. The van der Waals surface area contributed by atoms with E-state index in [0.717, 1.165) is 37.0 Å². The zero-order chi connectivity index (χ0) is 18.8. The number of ether oxygens (including phenoxy) is 1. The molecule has 0 saturated carbocycles. The molecular weight excluding hydrogens is 342 g/mol. The maximum atomic E-state index is 14.8. The summed E-state index contributed by atoms with van der Waals surface area (Å²) in [7, 11) is 0. The van der Waals surface area contributed by atoms with Gasteiger partial charge in [-0.3, -0.25) is 0 Å². The number of hydrogen-bond donors (Lipinski definition) is 0. The van der Waals surface area contributed by atoms with Crippen LogP contribution in [0.3, 0.4) is 0 Å². The molecule has 1 nitrogen and oxygen atoms in total. The lowest BCUT2D eigenvalue weighted by molar-refractivity contribution is 0.0149. The third-order valence-corrected chi connectivity index (χ3v) is 5.22. The molecule has 1 aliphatic heterocycles. The highest BCUT2D eigenvalue weighted by atomic mass is 19.2. The van der Waals surface area contributed by atoms with Gasteiger partial charge in [0.2, 0.25) is 0 Å². The lowest BCUT2D eigenvalue weighted by Crippen LogP contribution is -2.11. The third-order valence-electron chi connectivity index (χ3n) is 5.22.